The molecule has 1 N–H and O–H groups in total. The molecule has 0 aromatic carbocycles. The van der Waals surface area contributed by atoms with Crippen LogP contribution in [-0.4, -0.2) is 22.4 Å². The summed E-state index contributed by atoms with van der Waals surface area (Å²) in [5.74, 6) is -0.0402. The fraction of sp³-hybridized carbons (Fsp3) is 0.333. The number of aromatic nitrogens is 1. The molecule has 2 rings (SSSR count). The summed E-state index contributed by atoms with van der Waals surface area (Å²) in [4.78, 5) is 27.0. The van der Waals surface area contributed by atoms with E-state index in [1.807, 2.05) is 12.1 Å². The highest BCUT2D eigenvalue weighted by molar-refractivity contribution is 9.11. The number of hydrogen-bond acceptors (Lipinski definition) is 5. The lowest BCUT2D eigenvalue weighted by Crippen LogP contribution is -2.30. The second-order valence-corrected chi connectivity index (χ2v) is 7.80. The van der Waals surface area contributed by atoms with Gasteiger partial charge in [-0.15, -0.1) is 11.3 Å². The smallest absolute Gasteiger partial charge is 0.294 e. The highest BCUT2D eigenvalue weighted by Gasteiger charge is 2.25. The van der Waals surface area contributed by atoms with Crippen LogP contribution in [0.3, 0.4) is 0 Å². The quantitative estimate of drug-likeness (QED) is 0.589. The van der Waals surface area contributed by atoms with Crippen molar-refractivity contribution in [1.29, 1.82) is 0 Å². The molecule has 0 saturated heterocycles. The summed E-state index contributed by atoms with van der Waals surface area (Å²) >= 11 is 4.24. The van der Waals surface area contributed by atoms with Gasteiger partial charge in [-0.1, -0.05) is 19.9 Å². The molecule has 8 heteroatoms. The predicted molar refractivity (Wildman–Crippen MR) is 92.8 cm³/mol. The lowest BCUT2D eigenvalue weighted by atomic mass is 9.89. The molecule has 1 atom stereocenters. The van der Waals surface area contributed by atoms with Crippen LogP contribution >= 0.6 is 27.3 Å². The summed E-state index contributed by atoms with van der Waals surface area (Å²) < 4.78 is 0.557. The first kappa shape index (κ1) is 17.6. The molecule has 0 aliphatic rings. The predicted octanol–water partition coefficient (Wildman–Crippen LogP) is 3.98. The maximum Gasteiger partial charge on any atom is 0.294 e. The van der Waals surface area contributed by atoms with E-state index in [2.05, 4.69) is 40.1 Å². The van der Waals surface area contributed by atoms with Gasteiger partial charge in [-0.2, -0.15) is 0 Å². The monoisotopic (exact) mass is 397 g/mol. The SMILES string of the molecule is CC(C)C(CNC(=O)c1sc(Br)cc1[N+](=O)[O-])c1cccnc1. The van der Waals surface area contributed by atoms with Gasteiger partial charge in [0.25, 0.3) is 11.6 Å². The first-order chi connectivity index (χ1) is 10.9. The number of carbonyl (C=O) groups is 1. The Morgan fingerprint density at radius 1 is 1.52 bits per heavy atom. The average Bonchev–Trinajstić information content (AvgIpc) is 2.90. The number of nitro groups is 1. The maximum atomic E-state index is 12.3. The number of hydrogen-bond donors (Lipinski definition) is 1. The lowest BCUT2D eigenvalue weighted by Gasteiger charge is -2.21. The molecule has 0 saturated carbocycles. The molecular formula is C15H16BrN3O3S. The number of halogens is 1. The molecule has 6 nitrogen and oxygen atoms in total. The van der Waals surface area contributed by atoms with Crippen molar-refractivity contribution in [2.24, 2.45) is 5.92 Å². The largest absolute Gasteiger partial charge is 0.350 e. The van der Waals surface area contributed by atoms with Gasteiger partial charge in [0, 0.05) is 30.9 Å². The van der Waals surface area contributed by atoms with Crippen LogP contribution in [0.4, 0.5) is 5.69 Å². The van der Waals surface area contributed by atoms with Crippen LogP contribution in [-0.2, 0) is 0 Å². The number of pyridine rings is 1. The van der Waals surface area contributed by atoms with E-state index in [-0.39, 0.29) is 16.5 Å². The van der Waals surface area contributed by atoms with Gasteiger partial charge in [0.05, 0.1) is 8.71 Å². The number of amides is 1. The number of thiophene rings is 1. The van der Waals surface area contributed by atoms with Crippen molar-refractivity contribution in [3.05, 3.63) is 54.9 Å². The van der Waals surface area contributed by atoms with Gasteiger partial charge in [0.2, 0.25) is 0 Å². The third-order valence-electron chi connectivity index (χ3n) is 3.49. The van der Waals surface area contributed by atoms with E-state index in [0.717, 1.165) is 16.9 Å². The molecule has 1 amide bonds. The van der Waals surface area contributed by atoms with Crippen LogP contribution in [0.25, 0.3) is 0 Å². The molecule has 0 aliphatic carbocycles. The van der Waals surface area contributed by atoms with Crippen LogP contribution in [0.2, 0.25) is 0 Å². The van der Waals surface area contributed by atoms with Crippen molar-refractivity contribution >= 4 is 38.9 Å². The number of nitrogens with one attached hydrogen (secondary N) is 1. The van der Waals surface area contributed by atoms with Crippen LogP contribution in [0, 0.1) is 16.0 Å². The fourth-order valence-electron chi connectivity index (χ4n) is 2.27. The molecule has 23 heavy (non-hydrogen) atoms. The summed E-state index contributed by atoms with van der Waals surface area (Å²) in [6.45, 7) is 4.52. The van der Waals surface area contributed by atoms with Crippen LogP contribution in [0.5, 0.6) is 0 Å². The lowest BCUT2D eigenvalue weighted by molar-refractivity contribution is -0.384. The highest BCUT2D eigenvalue weighted by atomic mass is 79.9. The number of carbonyl (C=O) groups excluding carboxylic acids is 1. The zero-order valence-electron chi connectivity index (χ0n) is 12.7. The number of rotatable bonds is 6. The van der Waals surface area contributed by atoms with Gasteiger partial charge < -0.3 is 5.32 Å². The topological polar surface area (TPSA) is 85.1 Å². The summed E-state index contributed by atoms with van der Waals surface area (Å²) in [6, 6.07) is 5.17. The third-order valence-corrected chi connectivity index (χ3v) is 5.11. The molecule has 2 aromatic rings. The Kier molecular flexibility index (Phi) is 5.84. The molecule has 0 spiro atoms. The minimum atomic E-state index is -0.544. The Labute approximate surface area is 146 Å². The minimum absolute atomic E-state index is 0.0927. The molecule has 0 aliphatic heterocycles. The van der Waals surface area contributed by atoms with Crippen LogP contribution in [0.15, 0.2) is 34.4 Å². The summed E-state index contributed by atoms with van der Waals surface area (Å²) in [7, 11) is 0. The summed E-state index contributed by atoms with van der Waals surface area (Å²) in [5, 5.41) is 13.8. The second kappa shape index (κ2) is 7.65. The van der Waals surface area contributed by atoms with Crippen LogP contribution < -0.4 is 5.32 Å². The van der Waals surface area contributed by atoms with Gasteiger partial charge in [0.1, 0.15) is 0 Å². The molecule has 0 fully saturated rings. The Morgan fingerprint density at radius 2 is 2.26 bits per heavy atom. The van der Waals surface area contributed by atoms with Gasteiger partial charge >= 0.3 is 0 Å². The van der Waals surface area contributed by atoms with Crippen molar-refractivity contribution in [3.8, 4) is 0 Å². The standard InChI is InChI=1S/C15H16BrN3O3S/c1-9(2)11(10-4-3-5-17-7-10)8-18-15(20)14-12(19(21)22)6-13(16)23-14/h3-7,9,11H,8H2,1-2H3,(H,18,20). The van der Waals surface area contributed by atoms with E-state index in [1.54, 1.807) is 12.4 Å². The molecule has 0 radical (unpaired) electrons. The minimum Gasteiger partial charge on any atom is -0.350 e. The van der Waals surface area contributed by atoms with E-state index < -0.39 is 10.8 Å². The van der Waals surface area contributed by atoms with E-state index in [1.165, 1.54) is 6.07 Å². The van der Waals surface area contributed by atoms with Crippen molar-refractivity contribution < 1.29 is 9.72 Å². The highest BCUT2D eigenvalue weighted by Crippen LogP contribution is 2.33. The van der Waals surface area contributed by atoms with Gasteiger partial charge in [0.15, 0.2) is 4.88 Å². The van der Waals surface area contributed by atoms with E-state index in [4.69, 9.17) is 0 Å². The number of nitrogens with zero attached hydrogens (tertiary/aromatic N) is 2. The molecule has 2 heterocycles. The Balaban J connectivity index is 2.12. The van der Waals surface area contributed by atoms with E-state index >= 15 is 0 Å². The van der Waals surface area contributed by atoms with E-state index in [0.29, 0.717) is 16.2 Å². The molecule has 1 unspecified atom stereocenters. The summed E-state index contributed by atoms with van der Waals surface area (Å²) in [6.07, 6.45) is 3.48. The first-order valence-electron chi connectivity index (χ1n) is 7.02. The van der Waals surface area contributed by atoms with Gasteiger partial charge in [-0.3, -0.25) is 19.9 Å². The molecule has 0 bridgehead atoms. The molecule has 122 valence electrons. The Hall–Kier alpha value is -1.80. The van der Waals surface area contributed by atoms with Gasteiger partial charge in [-0.25, -0.2) is 0 Å². The van der Waals surface area contributed by atoms with Crippen molar-refractivity contribution in [2.75, 3.05) is 6.54 Å². The Bertz CT molecular complexity index is 703. The van der Waals surface area contributed by atoms with E-state index in [9.17, 15) is 14.9 Å². The average molecular weight is 398 g/mol. The third kappa shape index (κ3) is 4.35. The second-order valence-electron chi connectivity index (χ2n) is 5.37. The molecule has 2 aromatic heterocycles. The van der Waals surface area contributed by atoms with Crippen molar-refractivity contribution in [2.45, 2.75) is 19.8 Å². The maximum absolute atomic E-state index is 12.3. The summed E-state index contributed by atoms with van der Waals surface area (Å²) in [5.41, 5.74) is 0.853. The Morgan fingerprint density at radius 3 is 2.83 bits per heavy atom. The van der Waals surface area contributed by atoms with Crippen molar-refractivity contribution in [1.82, 2.24) is 10.3 Å². The first-order valence-corrected chi connectivity index (χ1v) is 8.63. The fourth-order valence-corrected chi connectivity index (χ4v) is 3.74. The normalized spacial score (nSPS) is 12.2. The molecular weight excluding hydrogens is 382 g/mol. The zero-order chi connectivity index (χ0) is 17.0. The van der Waals surface area contributed by atoms with Crippen molar-refractivity contribution in [3.63, 3.8) is 0 Å². The van der Waals surface area contributed by atoms with Crippen LogP contribution in [0.1, 0.15) is 35.0 Å². The zero-order valence-corrected chi connectivity index (χ0v) is 15.1. The van der Waals surface area contributed by atoms with Gasteiger partial charge in [-0.05, 0) is 33.5 Å².